The third-order valence-corrected chi connectivity index (χ3v) is 2.37. The number of nitrogens with one attached hydrogen (secondary N) is 1. The zero-order chi connectivity index (χ0) is 12.5. The Morgan fingerprint density at radius 3 is 2.94 bits per heavy atom. The van der Waals surface area contributed by atoms with Crippen LogP contribution in [0.15, 0.2) is 18.3 Å². The van der Waals surface area contributed by atoms with Crippen LogP contribution in [0.2, 0.25) is 0 Å². The molecule has 0 aliphatic rings. The molecule has 0 aliphatic heterocycles. The van der Waals surface area contributed by atoms with Crippen LogP contribution in [0.4, 0.5) is 5.82 Å². The molecule has 4 nitrogen and oxygen atoms in total. The molecule has 0 saturated carbocycles. The van der Waals surface area contributed by atoms with Crippen molar-refractivity contribution in [1.29, 1.82) is 0 Å². The Kier molecular flexibility index (Phi) is 6.40. The van der Waals surface area contributed by atoms with E-state index >= 15 is 0 Å². The Morgan fingerprint density at radius 1 is 1.41 bits per heavy atom. The van der Waals surface area contributed by atoms with Crippen molar-refractivity contribution in [1.82, 2.24) is 4.98 Å². The van der Waals surface area contributed by atoms with Crippen molar-refractivity contribution in [3.05, 3.63) is 18.3 Å². The van der Waals surface area contributed by atoms with E-state index in [1.807, 2.05) is 12.1 Å². The van der Waals surface area contributed by atoms with Crippen LogP contribution in [-0.2, 0) is 4.74 Å². The monoisotopic (exact) mass is 238 g/mol. The Balaban J connectivity index is 2.56. The molecule has 1 aromatic rings. The molecule has 1 atom stereocenters. The fourth-order valence-corrected chi connectivity index (χ4v) is 1.43. The van der Waals surface area contributed by atoms with Crippen LogP contribution in [0.5, 0.6) is 5.75 Å². The molecule has 1 heterocycles. The van der Waals surface area contributed by atoms with Crippen molar-refractivity contribution in [2.75, 3.05) is 25.6 Å². The predicted octanol–water partition coefficient (Wildman–Crippen LogP) is 2.71. The molecule has 0 amide bonds. The fourth-order valence-electron chi connectivity index (χ4n) is 1.43. The summed E-state index contributed by atoms with van der Waals surface area (Å²) in [7, 11) is 1.71. The van der Waals surface area contributed by atoms with Crippen LogP contribution in [0.1, 0.15) is 26.7 Å². The standard InChI is InChI=1S/C13H22N2O2/c1-4-9-17-12-6-5-8-14-13(12)15-11(2)7-10-16-3/h5-6,8,11H,4,7,9-10H2,1-3H3,(H,14,15). The molecule has 96 valence electrons. The number of ether oxygens (including phenoxy) is 2. The maximum Gasteiger partial charge on any atom is 0.168 e. The number of aromatic nitrogens is 1. The number of nitrogens with zero attached hydrogens (tertiary/aromatic N) is 1. The van der Waals surface area contributed by atoms with Gasteiger partial charge in [-0.05, 0) is 31.9 Å². The van der Waals surface area contributed by atoms with Crippen molar-refractivity contribution in [2.24, 2.45) is 0 Å². The summed E-state index contributed by atoms with van der Waals surface area (Å²) in [5.41, 5.74) is 0. The van der Waals surface area contributed by atoms with Crippen molar-refractivity contribution >= 4 is 5.82 Å². The lowest BCUT2D eigenvalue weighted by Gasteiger charge is -2.16. The fraction of sp³-hybridized carbons (Fsp3) is 0.615. The molecule has 1 aromatic heterocycles. The summed E-state index contributed by atoms with van der Waals surface area (Å²) in [4.78, 5) is 4.30. The minimum Gasteiger partial charge on any atom is -0.490 e. The largest absolute Gasteiger partial charge is 0.490 e. The van der Waals surface area contributed by atoms with Crippen LogP contribution < -0.4 is 10.1 Å². The first-order valence-electron chi connectivity index (χ1n) is 6.11. The molecule has 0 fully saturated rings. The average molecular weight is 238 g/mol. The second kappa shape index (κ2) is 7.90. The van der Waals surface area contributed by atoms with Gasteiger partial charge in [-0.2, -0.15) is 0 Å². The summed E-state index contributed by atoms with van der Waals surface area (Å²) in [6.45, 7) is 5.65. The van der Waals surface area contributed by atoms with Crippen LogP contribution >= 0.6 is 0 Å². The van der Waals surface area contributed by atoms with Gasteiger partial charge >= 0.3 is 0 Å². The maximum absolute atomic E-state index is 5.64. The molecule has 0 aromatic carbocycles. The van der Waals surface area contributed by atoms with Gasteiger partial charge in [0.1, 0.15) is 0 Å². The molecule has 0 radical (unpaired) electrons. The third kappa shape index (κ3) is 5.04. The van der Waals surface area contributed by atoms with Crippen molar-refractivity contribution in [3.8, 4) is 5.75 Å². The number of hydrogen-bond donors (Lipinski definition) is 1. The number of pyridine rings is 1. The molecule has 0 saturated heterocycles. The first-order valence-corrected chi connectivity index (χ1v) is 6.11. The van der Waals surface area contributed by atoms with Crippen LogP contribution in [0, 0.1) is 0 Å². The van der Waals surface area contributed by atoms with Crippen LogP contribution in [-0.4, -0.2) is 31.3 Å². The lowest BCUT2D eigenvalue weighted by atomic mass is 10.2. The first kappa shape index (κ1) is 13.8. The highest BCUT2D eigenvalue weighted by atomic mass is 16.5. The van der Waals surface area contributed by atoms with Gasteiger partial charge < -0.3 is 14.8 Å². The van der Waals surface area contributed by atoms with E-state index in [1.165, 1.54) is 0 Å². The van der Waals surface area contributed by atoms with E-state index in [0.717, 1.165) is 31.0 Å². The molecular formula is C13H22N2O2. The van der Waals surface area contributed by atoms with E-state index < -0.39 is 0 Å². The molecule has 1 rings (SSSR count). The predicted molar refractivity (Wildman–Crippen MR) is 69.6 cm³/mol. The second-order valence-electron chi connectivity index (χ2n) is 4.03. The molecule has 0 bridgehead atoms. The molecule has 4 heteroatoms. The van der Waals surface area contributed by atoms with E-state index in [-0.39, 0.29) is 0 Å². The second-order valence-corrected chi connectivity index (χ2v) is 4.03. The number of methoxy groups -OCH3 is 1. The van der Waals surface area contributed by atoms with Crippen LogP contribution in [0.3, 0.4) is 0 Å². The number of hydrogen-bond acceptors (Lipinski definition) is 4. The quantitative estimate of drug-likeness (QED) is 0.756. The van der Waals surface area contributed by atoms with E-state index in [0.29, 0.717) is 12.6 Å². The lowest BCUT2D eigenvalue weighted by molar-refractivity contribution is 0.191. The lowest BCUT2D eigenvalue weighted by Crippen LogP contribution is -2.18. The number of rotatable bonds is 8. The van der Waals surface area contributed by atoms with E-state index in [4.69, 9.17) is 9.47 Å². The Morgan fingerprint density at radius 2 is 2.24 bits per heavy atom. The summed E-state index contributed by atoms with van der Waals surface area (Å²) in [5, 5.41) is 3.34. The minimum absolute atomic E-state index is 0.314. The summed E-state index contributed by atoms with van der Waals surface area (Å²) in [6.07, 6.45) is 3.71. The van der Waals surface area contributed by atoms with Gasteiger partial charge in [0.25, 0.3) is 0 Å². The Labute approximate surface area is 103 Å². The van der Waals surface area contributed by atoms with Gasteiger partial charge in [0.05, 0.1) is 6.61 Å². The van der Waals surface area contributed by atoms with Crippen molar-refractivity contribution < 1.29 is 9.47 Å². The van der Waals surface area contributed by atoms with Gasteiger partial charge in [-0.1, -0.05) is 6.92 Å². The highest BCUT2D eigenvalue weighted by Gasteiger charge is 2.07. The smallest absolute Gasteiger partial charge is 0.168 e. The molecule has 0 aliphatic carbocycles. The topological polar surface area (TPSA) is 43.4 Å². The highest BCUT2D eigenvalue weighted by Crippen LogP contribution is 2.22. The van der Waals surface area contributed by atoms with E-state index in [1.54, 1.807) is 13.3 Å². The van der Waals surface area contributed by atoms with Gasteiger partial charge in [-0.15, -0.1) is 0 Å². The zero-order valence-corrected chi connectivity index (χ0v) is 10.9. The SMILES string of the molecule is CCCOc1cccnc1NC(C)CCOC. The van der Waals surface area contributed by atoms with Gasteiger partial charge in [0.2, 0.25) is 0 Å². The van der Waals surface area contributed by atoms with Gasteiger partial charge in [0, 0.05) is 26.0 Å². The Hall–Kier alpha value is -1.29. The molecule has 1 N–H and O–H groups in total. The summed E-state index contributed by atoms with van der Waals surface area (Å²) < 4.78 is 10.7. The normalized spacial score (nSPS) is 12.2. The van der Waals surface area contributed by atoms with Gasteiger partial charge in [-0.25, -0.2) is 4.98 Å². The third-order valence-electron chi connectivity index (χ3n) is 2.37. The van der Waals surface area contributed by atoms with Crippen molar-refractivity contribution in [2.45, 2.75) is 32.7 Å². The van der Waals surface area contributed by atoms with E-state index in [2.05, 4.69) is 24.1 Å². The summed E-state index contributed by atoms with van der Waals surface area (Å²) >= 11 is 0. The van der Waals surface area contributed by atoms with E-state index in [9.17, 15) is 0 Å². The molecule has 17 heavy (non-hydrogen) atoms. The molecule has 1 unspecified atom stereocenters. The minimum atomic E-state index is 0.314. The Bertz CT molecular complexity index is 318. The summed E-state index contributed by atoms with van der Waals surface area (Å²) in [5.74, 6) is 1.63. The average Bonchev–Trinajstić information content (AvgIpc) is 2.35. The van der Waals surface area contributed by atoms with Crippen molar-refractivity contribution in [3.63, 3.8) is 0 Å². The number of anilines is 1. The van der Waals surface area contributed by atoms with Crippen LogP contribution in [0.25, 0.3) is 0 Å². The van der Waals surface area contributed by atoms with Gasteiger partial charge in [-0.3, -0.25) is 0 Å². The summed E-state index contributed by atoms with van der Waals surface area (Å²) in [6, 6.07) is 4.14. The zero-order valence-electron chi connectivity index (χ0n) is 10.9. The highest BCUT2D eigenvalue weighted by molar-refractivity contribution is 5.49. The maximum atomic E-state index is 5.64. The van der Waals surface area contributed by atoms with Gasteiger partial charge in [0.15, 0.2) is 11.6 Å². The molecule has 0 spiro atoms. The molecular weight excluding hydrogens is 216 g/mol. The first-order chi connectivity index (χ1) is 8.27.